The lowest BCUT2D eigenvalue weighted by molar-refractivity contribution is -0.116. The van der Waals surface area contributed by atoms with Crippen molar-refractivity contribution in [2.45, 2.75) is 19.3 Å². The first-order valence-electron chi connectivity index (χ1n) is 9.66. The van der Waals surface area contributed by atoms with Crippen LogP contribution in [0.5, 0.6) is 11.5 Å². The number of thiazole rings is 1. The number of hydrogen-bond donors (Lipinski definition) is 1. The maximum absolute atomic E-state index is 12.6. The Hall–Kier alpha value is -2.91. The standard InChI is InChI=1S/C22H19BrN4O3S/c1-11-20-14(12-4-7-17(30-3)15(23)8-12)10-19(28)25-21(20)27(26-11)22-24-16-6-5-13(29-2)9-18(16)31-22/h4-9,14H,10H2,1-3H3,(H,25,28). The summed E-state index contributed by atoms with van der Waals surface area (Å²) < 4.78 is 14.3. The summed E-state index contributed by atoms with van der Waals surface area (Å²) in [6, 6.07) is 11.7. The summed E-state index contributed by atoms with van der Waals surface area (Å²) in [6.45, 7) is 1.97. The minimum Gasteiger partial charge on any atom is -0.497 e. The predicted molar refractivity (Wildman–Crippen MR) is 124 cm³/mol. The Bertz CT molecular complexity index is 1330. The highest BCUT2D eigenvalue weighted by atomic mass is 79.9. The summed E-state index contributed by atoms with van der Waals surface area (Å²) in [6.07, 6.45) is 0.356. The number of nitrogens with zero attached hydrogens (tertiary/aromatic N) is 3. The average molecular weight is 499 g/mol. The number of nitrogens with one attached hydrogen (secondary N) is 1. The van der Waals surface area contributed by atoms with Gasteiger partial charge in [0.1, 0.15) is 17.3 Å². The summed E-state index contributed by atoms with van der Waals surface area (Å²) in [7, 11) is 3.28. The summed E-state index contributed by atoms with van der Waals surface area (Å²) in [5.74, 6) is 2.06. The molecule has 1 unspecified atom stereocenters. The summed E-state index contributed by atoms with van der Waals surface area (Å²) >= 11 is 5.06. The van der Waals surface area contributed by atoms with Crippen molar-refractivity contribution in [3.63, 3.8) is 0 Å². The van der Waals surface area contributed by atoms with E-state index >= 15 is 0 Å². The molecule has 2 aromatic carbocycles. The fourth-order valence-electron chi connectivity index (χ4n) is 3.98. The van der Waals surface area contributed by atoms with Crippen LogP contribution in [-0.4, -0.2) is 34.9 Å². The highest BCUT2D eigenvalue weighted by Crippen LogP contribution is 2.42. The van der Waals surface area contributed by atoms with Crippen molar-refractivity contribution < 1.29 is 14.3 Å². The quantitative estimate of drug-likeness (QED) is 0.426. The van der Waals surface area contributed by atoms with Gasteiger partial charge < -0.3 is 14.8 Å². The summed E-state index contributed by atoms with van der Waals surface area (Å²) in [4.78, 5) is 17.4. The number of carbonyl (C=O) groups excluding carboxylic acids is 1. The number of benzene rings is 2. The van der Waals surface area contributed by atoms with E-state index in [1.54, 1.807) is 18.9 Å². The Labute approximate surface area is 191 Å². The minimum atomic E-state index is -0.103. The molecule has 9 heteroatoms. The van der Waals surface area contributed by atoms with Gasteiger partial charge in [-0.25, -0.2) is 4.98 Å². The van der Waals surface area contributed by atoms with Gasteiger partial charge in [-0.1, -0.05) is 17.4 Å². The molecule has 0 saturated heterocycles. The molecule has 0 radical (unpaired) electrons. The monoisotopic (exact) mass is 498 g/mol. The van der Waals surface area contributed by atoms with Crippen molar-refractivity contribution in [1.82, 2.24) is 14.8 Å². The molecule has 2 aromatic heterocycles. The van der Waals surface area contributed by atoms with E-state index in [4.69, 9.17) is 19.6 Å². The largest absolute Gasteiger partial charge is 0.497 e. The number of hydrogen-bond acceptors (Lipinski definition) is 6. The number of aromatic nitrogens is 3. The van der Waals surface area contributed by atoms with Crippen molar-refractivity contribution in [3.05, 3.63) is 57.7 Å². The molecular formula is C22H19BrN4O3S. The van der Waals surface area contributed by atoms with Crippen LogP contribution in [0.4, 0.5) is 5.82 Å². The van der Waals surface area contributed by atoms with Crippen LogP contribution in [-0.2, 0) is 4.79 Å². The third kappa shape index (κ3) is 3.37. The van der Waals surface area contributed by atoms with Gasteiger partial charge in [0.05, 0.1) is 34.6 Å². The van der Waals surface area contributed by atoms with E-state index in [0.29, 0.717) is 17.4 Å². The van der Waals surface area contributed by atoms with Gasteiger partial charge in [-0.15, -0.1) is 0 Å². The molecule has 1 aliphatic heterocycles. The molecule has 0 bridgehead atoms. The number of aryl methyl sites for hydroxylation is 1. The van der Waals surface area contributed by atoms with Gasteiger partial charge in [0.15, 0.2) is 0 Å². The number of halogens is 1. The van der Waals surface area contributed by atoms with Crippen LogP contribution in [0.2, 0.25) is 0 Å². The fraction of sp³-hybridized carbons (Fsp3) is 0.227. The molecule has 0 fully saturated rings. The van der Waals surface area contributed by atoms with Crippen LogP contribution in [0.1, 0.15) is 29.2 Å². The number of rotatable bonds is 4. The average Bonchev–Trinajstić information content (AvgIpc) is 3.33. The van der Waals surface area contributed by atoms with Gasteiger partial charge in [-0.2, -0.15) is 9.78 Å². The van der Waals surface area contributed by atoms with Gasteiger partial charge in [-0.05, 0) is 58.7 Å². The molecule has 5 rings (SSSR count). The van der Waals surface area contributed by atoms with Gasteiger partial charge in [0.2, 0.25) is 11.0 Å². The zero-order valence-electron chi connectivity index (χ0n) is 17.1. The predicted octanol–water partition coefficient (Wildman–Crippen LogP) is 5.04. The normalized spacial score (nSPS) is 15.6. The number of methoxy groups -OCH3 is 2. The van der Waals surface area contributed by atoms with E-state index in [2.05, 4.69) is 21.2 Å². The highest BCUT2D eigenvalue weighted by Gasteiger charge is 2.33. The van der Waals surface area contributed by atoms with Gasteiger partial charge >= 0.3 is 0 Å². The summed E-state index contributed by atoms with van der Waals surface area (Å²) in [5, 5.41) is 8.47. The maximum Gasteiger partial charge on any atom is 0.226 e. The van der Waals surface area contributed by atoms with E-state index in [1.165, 1.54) is 11.3 Å². The molecule has 31 heavy (non-hydrogen) atoms. The second kappa shape index (κ2) is 7.65. The van der Waals surface area contributed by atoms with Gasteiger partial charge in [0, 0.05) is 17.9 Å². The van der Waals surface area contributed by atoms with Crippen LogP contribution in [0.25, 0.3) is 15.3 Å². The molecular weight excluding hydrogens is 480 g/mol. The van der Waals surface area contributed by atoms with Crippen LogP contribution < -0.4 is 14.8 Å². The molecule has 4 aromatic rings. The van der Waals surface area contributed by atoms with Gasteiger partial charge in [0.25, 0.3) is 0 Å². The Morgan fingerprint density at radius 1 is 1.19 bits per heavy atom. The topological polar surface area (TPSA) is 78.3 Å². The van der Waals surface area contributed by atoms with Gasteiger partial charge in [-0.3, -0.25) is 4.79 Å². The molecule has 1 atom stereocenters. The van der Waals surface area contributed by atoms with Crippen molar-refractivity contribution in [1.29, 1.82) is 0 Å². The number of amides is 1. The third-order valence-electron chi connectivity index (χ3n) is 5.45. The number of fused-ring (bicyclic) bond motifs is 2. The van der Waals surface area contributed by atoms with Crippen molar-refractivity contribution in [2.75, 3.05) is 19.5 Å². The minimum absolute atomic E-state index is 0.0478. The Balaban J connectivity index is 1.63. The molecule has 0 saturated carbocycles. The Morgan fingerprint density at radius 3 is 2.77 bits per heavy atom. The molecule has 1 aliphatic rings. The Kier molecular flexibility index (Phi) is 4.94. The molecule has 0 aliphatic carbocycles. The van der Waals surface area contributed by atoms with Crippen molar-refractivity contribution >= 4 is 49.2 Å². The summed E-state index contributed by atoms with van der Waals surface area (Å²) in [5.41, 5.74) is 3.76. The Morgan fingerprint density at radius 2 is 2.03 bits per heavy atom. The second-order valence-corrected chi connectivity index (χ2v) is 9.15. The first kappa shape index (κ1) is 20.0. The zero-order valence-corrected chi connectivity index (χ0v) is 19.5. The number of carbonyl (C=O) groups is 1. The van der Waals surface area contributed by atoms with Crippen LogP contribution in [0.3, 0.4) is 0 Å². The zero-order chi connectivity index (χ0) is 21.7. The van der Waals surface area contributed by atoms with Crippen LogP contribution in [0, 0.1) is 6.92 Å². The van der Waals surface area contributed by atoms with E-state index in [-0.39, 0.29) is 11.8 Å². The second-order valence-electron chi connectivity index (χ2n) is 7.29. The highest BCUT2D eigenvalue weighted by molar-refractivity contribution is 9.10. The smallest absolute Gasteiger partial charge is 0.226 e. The maximum atomic E-state index is 12.6. The lowest BCUT2D eigenvalue weighted by atomic mass is 9.86. The molecule has 7 nitrogen and oxygen atoms in total. The fourth-order valence-corrected chi connectivity index (χ4v) is 5.49. The lowest BCUT2D eigenvalue weighted by Gasteiger charge is -2.24. The molecule has 158 valence electrons. The van der Waals surface area contributed by atoms with E-state index in [0.717, 1.165) is 43.0 Å². The first-order valence-corrected chi connectivity index (χ1v) is 11.3. The van der Waals surface area contributed by atoms with Crippen LogP contribution >= 0.6 is 27.3 Å². The van der Waals surface area contributed by atoms with E-state index < -0.39 is 0 Å². The van der Waals surface area contributed by atoms with Crippen molar-refractivity contribution in [2.24, 2.45) is 0 Å². The molecule has 1 amide bonds. The number of ether oxygens (including phenoxy) is 2. The van der Waals surface area contributed by atoms with E-state index in [1.807, 2.05) is 43.3 Å². The van der Waals surface area contributed by atoms with Crippen LogP contribution in [0.15, 0.2) is 40.9 Å². The van der Waals surface area contributed by atoms with E-state index in [9.17, 15) is 4.79 Å². The SMILES string of the molecule is COc1ccc2nc(-n3nc(C)c4c3NC(=O)CC4c3ccc(OC)c(Br)c3)sc2c1. The number of anilines is 1. The molecule has 0 spiro atoms. The molecule has 1 N–H and O–H groups in total. The lowest BCUT2D eigenvalue weighted by Crippen LogP contribution is -2.25. The third-order valence-corrected chi connectivity index (χ3v) is 7.06. The molecule has 3 heterocycles. The first-order chi connectivity index (χ1) is 15.0. The van der Waals surface area contributed by atoms with Crippen molar-refractivity contribution in [3.8, 4) is 16.6 Å².